The van der Waals surface area contributed by atoms with Gasteiger partial charge in [0.2, 0.25) is 0 Å². The first-order chi connectivity index (χ1) is 30.6. The number of thioether (sulfide) groups is 2. The van der Waals surface area contributed by atoms with E-state index < -0.39 is 90.7 Å². The van der Waals surface area contributed by atoms with Crippen LogP contribution in [0.1, 0.15) is 47.0 Å². The summed E-state index contributed by atoms with van der Waals surface area (Å²) in [5.74, 6) is 11.3. The molecule has 1 amide bonds. The first-order valence-corrected chi connectivity index (χ1v) is 27.5. The van der Waals surface area contributed by atoms with Crippen LogP contribution < -0.4 is 10.6 Å². The SMILES string of the molecule is COC(=O)NC1=C2/C(=C\CSSSC)[C@](O)(C#C/C=C\C#C[C@@H]2OC2OC(C)C(SC)(C(CO)OC3CC(O)C(SC)C(C)O3)C(O)C2OC2CC(OC)C(NC(C)C)CO2)CC1=O. The summed E-state index contributed by atoms with van der Waals surface area (Å²) in [5.41, 5.74) is -2.05. The topological polar surface area (TPSA) is 213 Å². The third-order valence-corrected chi connectivity index (χ3v) is 18.1. The van der Waals surface area contributed by atoms with E-state index in [1.165, 1.54) is 67.1 Å². The molecule has 5 rings (SSSR count). The Morgan fingerprint density at radius 2 is 1.83 bits per heavy atom. The van der Waals surface area contributed by atoms with Crippen LogP contribution >= 0.6 is 54.9 Å². The van der Waals surface area contributed by atoms with E-state index in [9.17, 15) is 30.0 Å². The summed E-state index contributed by atoms with van der Waals surface area (Å²) in [4.78, 5) is 26.9. The molecule has 3 fully saturated rings. The van der Waals surface area contributed by atoms with E-state index in [0.29, 0.717) is 5.75 Å². The Kier molecular flexibility index (Phi) is 20.7. The van der Waals surface area contributed by atoms with Gasteiger partial charge in [0.05, 0.1) is 72.9 Å². The Morgan fingerprint density at radius 1 is 1.08 bits per heavy atom. The van der Waals surface area contributed by atoms with Crippen LogP contribution in [0, 0.1) is 23.7 Å². The molecule has 3 saturated heterocycles. The number of ketones is 1. The summed E-state index contributed by atoms with van der Waals surface area (Å²) in [6, 6.07) is -0.0283. The number of aliphatic hydroxyl groups is 4. The van der Waals surface area contributed by atoms with Gasteiger partial charge in [0, 0.05) is 42.9 Å². The lowest BCUT2D eigenvalue weighted by Crippen LogP contribution is -2.71. The van der Waals surface area contributed by atoms with E-state index in [0.717, 1.165) is 7.11 Å². The fourth-order valence-electron chi connectivity index (χ4n) is 8.68. The number of hydrogen-bond acceptors (Lipinski definition) is 20. The summed E-state index contributed by atoms with van der Waals surface area (Å²) in [5, 5.41) is 53.0. The molecule has 0 aromatic heterocycles. The predicted octanol–water partition coefficient (Wildman–Crippen LogP) is 3.17. The molecule has 64 heavy (non-hydrogen) atoms. The molecule has 358 valence electrons. The minimum absolute atomic E-state index is 0.0143. The number of carbonyl (C=O) groups is 2. The second kappa shape index (κ2) is 24.7. The van der Waals surface area contributed by atoms with E-state index in [1.54, 1.807) is 26.4 Å². The molecule has 0 saturated carbocycles. The molecule has 2 bridgehead atoms. The average molecular weight is 991 g/mol. The number of hydrogen-bond donors (Lipinski definition) is 6. The molecule has 0 spiro atoms. The maximum atomic E-state index is 14.0. The van der Waals surface area contributed by atoms with Crippen molar-refractivity contribution in [1.82, 2.24) is 10.6 Å². The number of rotatable bonds is 18. The van der Waals surface area contributed by atoms with Crippen molar-refractivity contribution in [2.24, 2.45) is 0 Å². The van der Waals surface area contributed by atoms with Gasteiger partial charge < -0.3 is 63.6 Å². The van der Waals surface area contributed by atoms with Gasteiger partial charge in [-0.05, 0) is 54.6 Å². The summed E-state index contributed by atoms with van der Waals surface area (Å²) in [7, 11) is 7.28. The van der Waals surface area contributed by atoms with Crippen molar-refractivity contribution in [3.05, 3.63) is 35.1 Å². The zero-order valence-corrected chi connectivity index (χ0v) is 41.6. The van der Waals surface area contributed by atoms with Gasteiger partial charge in [-0.25, -0.2) is 4.79 Å². The largest absolute Gasteiger partial charge is 0.453 e. The summed E-state index contributed by atoms with van der Waals surface area (Å²) >= 11 is 2.69. The Hall–Kier alpha value is -1.45. The number of fused-ring (bicyclic) bond motifs is 2. The van der Waals surface area contributed by atoms with Crippen molar-refractivity contribution in [3.63, 3.8) is 0 Å². The molecule has 3 heterocycles. The van der Waals surface area contributed by atoms with Gasteiger partial charge in [-0.3, -0.25) is 10.1 Å². The lowest BCUT2D eigenvalue weighted by atomic mass is 9.75. The zero-order valence-electron chi connectivity index (χ0n) is 37.5. The molecule has 13 unspecified atom stereocenters. The first kappa shape index (κ1) is 53.5. The molecular formula is C43H62N2O14S5. The number of methoxy groups -OCH3 is 2. The number of amides is 1. The lowest BCUT2D eigenvalue weighted by molar-refractivity contribution is -0.338. The molecule has 0 radical (unpaired) electrons. The smallest absolute Gasteiger partial charge is 0.411 e. The van der Waals surface area contributed by atoms with E-state index in [-0.39, 0.29) is 65.8 Å². The van der Waals surface area contributed by atoms with Gasteiger partial charge in [-0.15, -0.1) is 0 Å². The quantitative estimate of drug-likeness (QED) is 0.0662. The van der Waals surface area contributed by atoms with Gasteiger partial charge in [-0.1, -0.05) is 65.2 Å². The van der Waals surface area contributed by atoms with Gasteiger partial charge in [0.15, 0.2) is 30.3 Å². The van der Waals surface area contributed by atoms with Crippen molar-refractivity contribution in [2.45, 2.75) is 142 Å². The number of carbonyl (C=O) groups excluding carboxylic acids is 2. The maximum Gasteiger partial charge on any atom is 0.411 e. The van der Waals surface area contributed by atoms with Crippen molar-refractivity contribution >= 4 is 66.8 Å². The number of nitrogens with one attached hydrogen (secondary N) is 2. The molecule has 0 aromatic carbocycles. The van der Waals surface area contributed by atoms with Gasteiger partial charge in [0.25, 0.3) is 0 Å². The monoisotopic (exact) mass is 990 g/mol. The maximum absolute atomic E-state index is 14.0. The van der Waals surface area contributed by atoms with Crippen molar-refractivity contribution in [3.8, 4) is 23.7 Å². The summed E-state index contributed by atoms with van der Waals surface area (Å²) in [6.07, 6.45) is -2.18. The first-order valence-electron chi connectivity index (χ1n) is 20.9. The highest BCUT2D eigenvalue weighted by Gasteiger charge is 2.61. The van der Waals surface area contributed by atoms with Crippen molar-refractivity contribution in [2.75, 3.05) is 52.0 Å². The van der Waals surface area contributed by atoms with Crippen molar-refractivity contribution in [1.29, 1.82) is 0 Å². The normalized spacial score (nSPS) is 38.2. The van der Waals surface area contributed by atoms with Gasteiger partial charge >= 0.3 is 6.09 Å². The van der Waals surface area contributed by atoms with E-state index in [4.69, 9.17) is 37.9 Å². The fourth-order valence-corrected chi connectivity index (χ4v) is 13.1. The zero-order chi connectivity index (χ0) is 46.8. The van der Waals surface area contributed by atoms with Crippen LogP contribution in [0.5, 0.6) is 0 Å². The second-order valence-electron chi connectivity index (χ2n) is 15.9. The number of ether oxygens (including phenoxy) is 8. The van der Waals surface area contributed by atoms with E-state index in [1.807, 2.05) is 33.3 Å². The average Bonchev–Trinajstić information content (AvgIpc) is 3.25. The highest BCUT2D eigenvalue weighted by Crippen LogP contribution is 2.47. The minimum atomic E-state index is -2.02. The van der Waals surface area contributed by atoms with Crippen LogP contribution in [0.3, 0.4) is 0 Å². The van der Waals surface area contributed by atoms with Crippen LogP contribution in [-0.4, -0.2) is 180 Å². The molecule has 15 atom stereocenters. The van der Waals surface area contributed by atoms with Gasteiger partial charge in [0.1, 0.15) is 24.4 Å². The molecular weight excluding hydrogens is 929 g/mol. The summed E-state index contributed by atoms with van der Waals surface area (Å²) in [6.45, 7) is 7.22. The molecule has 3 aliphatic heterocycles. The Balaban J connectivity index is 1.61. The lowest BCUT2D eigenvalue weighted by Gasteiger charge is -2.54. The molecule has 2 aliphatic carbocycles. The van der Waals surface area contributed by atoms with E-state index in [2.05, 4.69) is 34.3 Å². The minimum Gasteiger partial charge on any atom is -0.453 e. The van der Waals surface area contributed by atoms with Crippen LogP contribution in [0.15, 0.2) is 35.1 Å². The standard InChI is InChI=1S/C43H62N2O14S5/c1-23(2)44-27-22-54-33(19-31(27)52-5)59-37-39(49)43(61-8,32(21-46)58-34-18-28(47)38(60-7)24(3)55-34)25(4)56-40(37)57-30-14-12-10-11-13-16-42(51)20-29(48)36(45-41(50)53-6)35(30)26(42)15-17-63-64-62-9/h10-11,15,23-25,27-28,30-34,37-40,44,46-47,49,51H,17-22H2,1-9H3,(H,45,50)/b11-10-,26-15+/t24?,25?,27?,28?,30-,31?,32?,33?,34?,37?,38?,39?,40?,42-,43?/m0/s1. The van der Waals surface area contributed by atoms with Crippen LogP contribution in [0.4, 0.5) is 4.79 Å². The van der Waals surface area contributed by atoms with Crippen molar-refractivity contribution < 1.29 is 67.9 Å². The third-order valence-electron chi connectivity index (χ3n) is 11.6. The molecule has 16 nitrogen and oxygen atoms in total. The number of Topliss-reactive ketones (excluding diaryl/α,β-unsaturated/α-hetero) is 1. The Labute approximate surface area is 396 Å². The third kappa shape index (κ3) is 12.4. The fraction of sp³-hybridized carbons (Fsp3) is 0.721. The number of alkyl carbamates (subject to hydrolysis) is 1. The Bertz CT molecular complexity index is 1820. The molecule has 0 aromatic rings. The van der Waals surface area contributed by atoms with Gasteiger partial charge in [-0.2, -0.15) is 23.5 Å². The molecule has 21 heteroatoms. The molecule has 5 aliphatic rings. The molecule has 6 N–H and O–H groups in total. The predicted molar refractivity (Wildman–Crippen MR) is 251 cm³/mol. The highest BCUT2D eigenvalue weighted by atomic mass is 33.5. The second-order valence-corrected chi connectivity index (χ2v) is 22.5. The van der Waals surface area contributed by atoms with Crippen LogP contribution in [0.2, 0.25) is 0 Å². The van der Waals surface area contributed by atoms with Crippen LogP contribution in [-0.2, 0) is 42.7 Å². The summed E-state index contributed by atoms with van der Waals surface area (Å²) < 4.78 is 48.6. The number of aliphatic hydroxyl groups excluding tert-OH is 3. The highest BCUT2D eigenvalue weighted by molar-refractivity contribution is 9.09. The Morgan fingerprint density at radius 3 is 2.47 bits per heavy atom. The van der Waals surface area contributed by atoms with Crippen LogP contribution in [0.25, 0.3) is 0 Å². The van der Waals surface area contributed by atoms with E-state index >= 15 is 0 Å². The number of allylic oxidation sites excluding steroid dienone is 3.